The third-order valence-electron chi connectivity index (χ3n) is 7.71. The smallest absolute Gasteiger partial charge is 0.467 e. The number of hydrogen-bond donors (Lipinski definition) is 3. The van der Waals surface area contributed by atoms with E-state index in [9.17, 15) is 28.6 Å². The molecule has 3 N–H and O–H groups in total. The number of amides is 2. The van der Waals surface area contributed by atoms with Crippen LogP contribution in [0.3, 0.4) is 0 Å². The van der Waals surface area contributed by atoms with Gasteiger partial charge in [0, 0.05) is 17.9 Å². The Bertz CT molecular complexity index is 1720. The zero-order chi connectivity index (χ0) is 34.6. The Balaban J connectivity index is 1.30. The molecule has 13 nitrogen and oxygen atoms in total. The molecule has 3 atom stereocenters. The SMILES string of the molecule is COC(=O)[C@H](Cc1ccc2c(c1)COP(=O)(O)O2)NC(=O)[C@H](CC(=O)OC(C)(C)C)NC(=O)OCC1c2ccccc2-c2ccccc21. The number of hydrogen-bond acceptors (Lipinski definition) is 10. The Morgan fingerprint density at radius 1 is 0.958 bits per heavy atom. The topological polar surface area (TPSA) is 176 Å². The first kappa shape index (κ1) is 34.6. The first-order valence-corrected chi connectivity index (χ1v) is 16.7. The second-order valence-electron chi connectivity index (χ2n) is 12.4. The Morgan fingerprint density at radius 2 is 1.60 bits per heavy atom. The summed E-state index contributed by atoms with van der Waals surface area (Å²) in [5.41, 5.74) is 4.24. The van der Waals surface area contributed by atoms with Gasteiger partial charge in [-0.1, -0.05) is 54.6 Å². The Labute approximate surface area is 277 Å². The van der Waals surface area contributed by atoms with Crippen LogP contribution in [0, 0.1) is 0 Å². The largest absolute Gasteiger partial charge is 0.527 e. The summed E-state index contributed by atoms with van der Waals surface area (Å²) < 4.78 is 37.5. The number of phosphoric acid groups is 1. The first-order chi connectivity index (χ1) is 22.7. The summed E-state index contributed by atoms with van der Waals surface area (Å²) >= 11 is 0. The fraction of sp³-hybridized carbons (Fsp3) is 0.353. The van der Waals surface area contributed by atoms with Gasteiger partial charge in [-0.2, -0.15) is 0 Å². The lowest BCUT2D eigenvalue weighted by atomic mass is 9.98. The number of carbonyl (C=O) groups is 4. The zero-order valence-corrected chi connectivity index (χ0v) is 27.8. The highest BCUT2D eigenvalue weighted by Crippen LogP contribution is 2.50. The van der Waals surface area contributed by atoms with Gasteiger partial charge < -0.3 is 29.4 Å². The maximum Gasteiger partial charge on any atom is 0.527 e. The van der Waals surface area contributed by atoms with Gasteiger partial charge >= 0.3 is 25.9 Å². The highest BCUT2D eigenvalue weighted by Gasteiger charge is 2.34. The fourth-order valence-electron chi connectivity index (χ4n) is 5.65. The minimum absolute atomic E-state index is 0.0249. The van der Waals surface area contributed by atoms with Crippen LogP contribution in [0.25, 0.3) is 11.1 Å². The molecule has 14 heteroatoms. The molecule has 0 spiro atoms. The number of alkyl carbamates (subject to hydrolysis) is 1. The number of phosphoric ester groups is 1. The molecule has 2 amide bonds. The van der Waals surface area contributed by atoms with E-state index in [1.54, 1.807) is 32.9 Å². The molecule has 0 fully saturated rings. The van der Waals surface area contributed by atoms with Crippen molar-refractivity contribution in [3.63, 3.8) is 0 Å². The summed E-state index contributed by atoms with van der Waals surface area (Å²) in [5, 5.41) is 5.04. The van der Waals surface area contributed by atoms with E-state index >= 15 is 0 Å². The van der Waals surface area contributed by atoms with Gasteiger partial charge in [-0.15, -0.1) is 0 Å². The molecule has 0 bridgehead atoms. The predicted molar refractivity (Wildman–Crippen MR) is 172 cm³/mol. The van der Waals surface area contributed by atoms with Crippen molar-refractivity contribution in [2.75, 3.05) is 13.7 Å². The average Bonchev–Trinajstić information content (AvgIpc) is 3.35. The van der Waals surface area contributed by atoms with E-state index in [-0.39, 0.29) is 31.3 Å². The third kappa shape index (κ3) is 8.41. The van der Waals surface area contributed by atoms with E-state index in [1.807, 2.05) is 48.5 Å². The van der Waals surface area contributed by atoms with Crippen molar-refractivity contribution < 1.29 is 51.9 Å². The van der Waals surface area contributed by atoms with Gasteiger partial charge in [0.25, 0.3) is 0 Å². The molecule has 254 valence electrons. The third-order valence-corrected chi connectivity index (χ3v) is 8.59. The van der Waals surface area contributed by atoms with Crippen molar-refractivity contribution in [2.24, 2.45) is 0 Å². The summed E-state index contributed by atoms with van der Waals surface area (Å²) in [6.07, 6.45) is -1.55. The number of rotatable bonds is 10. The molecule has 2 aliphatic rings. The van der Waals surface area contributed by atoms with E-state index in [4.69, 9.17) is 23.3 Å². The monoisotopic (exact) mass is 680 g/mol. The molecule has 0 radical (unpaired) electrons. The standard InChI is InChI=1S/C34H37N2O11P/c1-34(2,3)46-30(37)17-27(36-33(40)44-19-26-24-11-7-5-9-22(24)23-10-6-8-12-25(23)26)31(38)35-28(32(39)43-4)16-20-13-14-29-21(15-20)18-45-48(41,42)47-29/h5-15,26-28H,16-19H2,1-4H3,(H,35,38)(H,36,40)(H,41,42)/t27-,28-/m0/s1. The van der Waals surface area contributed by atoms with Crippen LogP contribution >= 0.6 is 7.82 Å². The number of ether oxygens (including phenoxy) is 3. The van der Waals surface area contributed by atoms with Gasteiger partial charge in [-0.25, -0.2) is 14.2 Å². The van der Waals surface area contributed by atoms with Gasteiger partial charge in [-0.05, 0) is 60.7 Å². The Kier molecular flexibility index (Phi) is 10.2. The van der Waals surface area contributed by atoms with Crippen molar-refractivity contribution in [3.8, 4) is 16.9 Å². The van der Waals surface area contributed by atoms with E-state index in [2.05, 4.69) is 10.6 Å². The number of esters is 2. The number of fused-ring (bicyclic) bond motifs is 4. The van der Waals surface area contributed by atoms with E-state index in [0.29, 0.717) is 11.1 Å². The molecular weight excluding hydrogens is 643 g/mol. The van der Waals surface area contributed by atoms with Crippen LogP contribution in [0.1, 0.15) is 55.4 Å². The minimum Gasteiger partial charge on any atom is -0.467 e. The summed E-state index contributed by atoms with van der Waals surface area (Å²) in [6, 6.07) is 17.6. The number of benzene rings is 3. The maximum absolute atomic E-state index is 13.6. The number of nitrogens with one attached hydrogen (secondary N) is 2. The molecule has 1 unspecified atom stereocenters. The quantitative estimate of drug-likeness (QED) is 0.156. The van der Waals surface area contributed by atoms with Crippen LogP contribution in [0.2, 0.25) is 0 Å². The van der Waals surface area contributed by atoms with Crippen LogP contribution in [0.15, 0.2) is 66.7 Å². The highest BCUT2D eigenvalue weighted by molar-refractivity contribution is 7.47. The molecule has 48 heavy (non-hydrogen) atoms. The summed E-state index contributed by atoms with van der Waals surface area (Å²) in [4.78, 5) is 61.9. The van der Waals surface area contributed by atoms with Crippen molar-refractivity contribution in [2.45, 2.75) is 63.8 Å². The second kappa shape index (κ2) is 14.2. The summed E-state index contributed by atoms with van der Waals surface area (Å²) in [5.74, 6) is -2.48. The number of carbonyl (C=O) groups excluding carboxylic acids is 4. The fourth-order valence-corrected chi connectivity index (χ4v) is 6.43. The Morgan fingerprint density at radius 3 is 2.23 bits per heavy atom. The normalized spacial score (nSPS) is 17.8. The van der Waals surface area contributed by atoms with E-state index in [1.165, 1.54) is 6.07 Å². The minimum atomic E-state index is -4.20. The van der Waals surface area contributed by atoms with Gasteiger partial charge in [-0.3, -0.25) is 19.0 Å². The molecule has 5 rings (SSSR count). The lowest BCUT2D eigenvalue weighted by molar-refractivity contribution is -0.156. The van der Waals surface area contributed by atoms with Gasteiger partial charge in [0.1, 0.15) is 30.0 Å². The predicted octanol–water partition coefficient (Wildman–Crippen LogP) is 4.54. The van der Waals surface area contributed by atoms with Crippen molar-refractivity contribution in [3.05, 3.63) is 89.0 Å². The number of methoxy groups -OCH3 is 1. The lowest BCUT2D eigenvalue weighted by Crippen LogP contribution is -2.53. The van der Waals surface area contributed by atoms with Crippen LogP contribution in [-0.2, 0) is 50.7 Å². The average molecular weight is 681 g/mol. The maximum atomic E-state index is 13.6. The molecule has 0 aromatic heterocycles. The van der Waals surface area contributed by atoms with Crippen molar-refractivity contribution >= 4 is 31.8 Å². The molecule has 1 aliphatic carbocycles. The summed E-state index contributed by atoms with van der Waals surface area (Å²) in [7, 11) is -3.05. The second-order valence-corrected chi connectivity index (χ2v) is 13.8. The first-order valence-electron chi connectivity index (χ1n) is 15.2. The van der Waals surface area contributed by atoms with Crippen LogP contribution < -0.4 is 15.2 Å². The molecule has 1 aliphatic heterocycles. The van der Waals surface area contributed by atoms with E-state index in [0.717, 1.165) is 29.4 Å². The van der Waals surface area contributed by atoms with Crippen LogP contribution in [0.5, 0.6) is 5.75 Å². The molecule has 1 heterocycles. The van der Waals surface area contributed by atoms with Crippen molar-refractivity contribution in [1.29, 1.82) is 0 Å². The Hall–Kier alpha value is -4.71. The molecule has 0 saturated heterocycles. The molecular formula is C34H37N2O11P. The van der Waals surface area contributed by atoms with Gasteiger partial charge in [0.2, 0.25) is 5.91 Å². The highest BCUT2D eigenvalue weighted by atomic mass is 31.2. The molecule has 0 saturated carbocycles. The molecule has 3 aromatic carbocycles. The molecule has 3 aromatic rings. The zero-order valence-electron chi connectivity index (χ0n) is 26.9. The van der Waals surface area contributed by atoms with Crippen molar-refractivity contribution in [1.82, 2.24) is 10.6 Å². The summed E-state index contributed by atoms with van der Waals surface area (Å²) in [6.45, 7) is 4.78. The van der Waals surface area contributed by atoms with Gasteiger partial charge in [0.05, 0.1) is 20.1 Å². The van der Waals surface area contributed by atoms with Crippen LogP contribution in [-0.4, -0.2) is 60.2 Å². The van der Waals surface area contributed by atoms with Crippen LogP contribution in [0.4, 0.5) is 4.79 Å². The lowest BCUT2D eigenvalue weighted by Gasteiger charge is -2.25. The van der Waals surface area contributed by atoms with E-state index < -0.39 is 55.9 Å². The van der Waals surface area contributed by atoms with Gasteiger partial charge in [0.15, 0.2) is 0 Å².